The number of hydrogen-bond acceptors (Lipinski definition) is 4. The Morgan fingerprint density at radius 1 is 1.41 bits per heavy atom. The van der Waals surface area contributed by atoms with E-state index < -0.39 is 0 Å². The second kappa shape index (κ2) is 7.25. The molecule has 1 aromatic rings. The van der Waals surface area contributed by atoms with E-state index in [2.05, 4.69) is 4.98 Å². The maximum atomic E-state index is 5.86. The highest BCUT2D eigenvalue weighted by molar-refractivity contribution is 5.29. The highest BCUT2D eigenvalue weighted by atomic mass is 16.5. The Bertz CT molecular complexity index is 342. The minimum Gasteiger partial charge on any atom is -0.489 e. The number of aromatic nitrogens is 1. The lowest BCUT2D eigenvalue weighted by Gasteiger charge is -2.16. The molecule has 0 saturated heterocycles. The first-order valence-corrected chi connectivity index (χ1v) is 5.99. The first kappa shape index (κ1) is 13.9. The largest absolute Gasteiger partial charge is 0.489 e. The van der Waals surface area contributed by atoms with Gasteiger partial charge in [0.1, 0.15) is 5.75 Å². The molecule has 1 heterocycles. The predicted octanol–water partition coefficient (Wildman–Crippen LogP) is 1.70. The van der Waals surface area contributed by atoms with Gasteiger partial charge < -0.3 is 15.2 Å². The van der Waals surface area contributed by atoms with Gasteiger partial charge in [0.15, 0.2) is 0 Å². The Morgan fingerprint density at radius 2 is 2.18 bits per heavy atom. The van der Waals surface area contributed by atoms with Gasteiger partial charge in [-0.1, -0.05) is 0 Å². The van der Waals surface area contributed by atoms with E-state index in [-0.39, 0.29) is 6.10 Å². The van der Waals surface area contributed by atoms with E-state index in [1.807, 2.05) is 26.0 Å². The fourth-order valence-corrected chi connectivity index (χ4v) is 1.58. The quantitative estimate of drug-likeness (QED) is 0.785. The molecule has 1 rings (SSSR count). The SMILES string of the molecule is COCCC(C)Oc1ccc(C)nc1CCN. The summed E-state index contributed by atoms with van der Waals surface area (Å²) in [5.74, 6) is 0.838. The van der Waals surface area contributed by atoms with Crippen molar-refractivity contribution in [3.05, 3.63) is 23.5 Å². The molecule has 1 unspecified atom stereocenters. The van der Waals surface area contributed by atoms with Crippen molar-refractivity contribution in [1.82, 2.24) is 4.98 Å². The molecule has 4 nitrogen and oxygen atoms in total. The van der Waals surface area contributed by atoms with E-state index in [1.54, 1.807) is 7.11 Å². The van der Waals surface area contributed by atoms with Gasteiger partial charge in [-0.15, -0.1) is 0 Å². The lowest BCUT2D eigenvalue weighted by Crippen LogP contribution is -2.16. The number of pyridine rings is 1. The Morgan fingerprint density at radius 3 is 2.82 bits per heavy atom. The minimum absolute atomic E-state index is 0.121. The molecule has 17 heavy (non-hydrogen) atoms. The number of hydrogen-bond donors (Lipinski definition) is 1. The van der Waals surface area contributed by atoms with Crippen molar-refractivity contribution in [2.45, 2.75) is 32.8 Å². The van der Waals surface area contributed by atoms with Gasteiger partial charge in [0.2, 0.25) is 0 Å². The summed E-state index contributed by atoms with van der Waals surface area (Å²) in [6.07, 6.45) is 1.73. The summed E-state index contributed by atoms with van der Waals surface area (Å²) in [4.78, 5) is 4.46. The van der Waals surface area contributed by atoms with E-state index in [1.165, 1.54) is 0 Å². The highest BCUT2D eigenvalue weighted by Crippen LogP contribution is 2.19. The van der Waals surface area contributed by atoms with Crippen molar-refractivity contribution >= 4 is 0 Å². The molecule has 0 aliphatic heterocycles. The van der Waals surface area contributed by atoms with Crippen LogP contribution in [0.15, 0.2) is 12.1 Å². The molecule has 0 amide bonds. The molecule has 0 aliphatic rings. The van der Waals surface area contributed by atoms with Crippen molar-refractivity contribution in [3.8, 4) is 5.75 Å². The zero-order chi connectivity index (χ0) is 12.7. The van der Waals surface area contributed by atoms with Gasteiger partial charge in [0.25, 0.3) is 0 Å². The van der Waals surface area contributed by atoms with Crippen LogP contribution in [0, 0.1) is 6.92 Å². The maximum Gasteiger partial charge on any atom is 0.141 e. The van der Waals surface area contributed by atoms with Crippen LogP contribution in [-0.2, 0) is 11.2 Å². The smallest absolute Gasteiger partial charge is 0.141 e. The molecule has 1 aromatic heterocycles. The van der Waals surface area contributed by atoms with Gasteiger partial charge >= 0.3 is 0 Å². The normalized spacial score (nSPS) is 12.5. The molecule has 0 aromatic carbocycles. The fraction of sp³-hybridized carbons (Fsp3) is 0.615. The van der Waals surface area contributed by atoms with Crippen molar-refractivity contribution in [2.75, 3.05) is 20.3 Å². The minimum atomic E-state index is 0.121. The first-order valence-electron chi connectivity index (χ1n) is 5.99. The summed E-state index contributed by atoms with van der Waals surface area (Å²) in [5.41, 5.74) is 7.51. The molecule has 0 fully saturated rings. The molecule has 0 radical (unpaired) electrons. The monoisotopic (exact) mass is 238 g/mol. The molecule has 0 aliphatic carbocycles. The summed E-state index contributed by atoms with van der Waals surface area (Å²) in [5, 5.41) is 0. The van der Waals surface area contributed by atoms with Gasteiger partial charge in [-0.3, -0.25) is 4.98 Å². The topological polar surface area (TPSA) is 57.4 Å². The van der Waals surface area contributed by atoms with Crippen molar-refractivity contribution < 1.29 is 9.47 Å². The lowest BCUT2D eigenvalue weighted by molar-refractivity contribution is 0.134. The van der Waals surface area contributed by atoms with Crippen LogP contribution >= 0.6 is 0 Å². The van der Waals surface area contributed by atoms with Gasteiger partial charge in [-0.05, 0) is 32.5 Å². The molecule has 4 heteroatoms. The van der Waals surface area contributed by atoms with Crippen molar-refractivity contribution in [1.29, 1.82) is 0 Å². The molecule has 0 bridgehead atoms. The third-order valence-corrected chi connectivity index (χ3v) is 2.51. The fourth-order valence-electron chi connectivity index (χ4n) is 1.58. The molecule has 96 valence electrons. The first-order chi connectivity index (χ1) is 8.17. The van der Waals surface area contributed by atoms with Crippen LogP contribution in [0.2, 0.25) is 0 Å². The van der Waals surface area contributed by atoms with E-state index >= 15 is 0 Å². The molecule has 0 saturated carbocycles. The van der Waals surface area contributed by atoms with Crippen LogP contribution in [0.4, 0.5) is 0 Å². The average Bonchev–Trinajstić information content (AvgIpc) is 2.30. The van der Waals surface area contributed by atoms with Gasteiger partial charge in [-0.25, -0.2) is 0 Å². The highest BCUT2D eigenvalue weighted by Gasteiger charge is 2.09. The lowest BCUT2D eigenvalue weighted by atomic mass is 10.2. The summed E-state index contributed by atoms with van der Waals surface area (Å²) in [7, 11) is 1.69. The Labute approximate surface area is 103 Å². The maximum absolute atomic E-state index is 5.86. The van der Waals surface area contributed by atoms with E-state index in [4.69, 9.17) is 15.2 Å². The zero-order valence-electron chi connectivity index (χ0n) is 10.9. The summed E-state index contributed by atoms with van der Waals surface area (Å²) in [6.45, 7) is 5.29. The second-order valence-corrected chi connectivity index (χ2v) is 4.15. The van der Waals surface area contributed by atoms with E-state index in [0.29, 0.717) is 13.2 Å². The number of aryl methyl sites for hydroxylation is 1. The summed E-state index contributed by atoms with van der Waals surface area (Å²) in [6, 6.07) is 3.93. The summed E-state index contributed by atoms with van der Waals surface area (Å²) >= 11 is 0. The average molecular weight is 238 g/mol. The third-order valence-electron chi connectivity index (χ3n) is 2.51. The van der Waals surface area contributed by atoms with E-state index in [0.717, 1.165) is 30.0 Å². The Hall–Kier alpha value is -1.13. The number of rotatable bonds is 7. The standard InChI is InChI=1S/C13H22N2O2/c1-10-4-5-13(12(15-10)6-8-14)17-11(2)7-9-16-3/h4-5,11H,6-9,14H2,1-3H3. The Kier molecular flexibility index (Phi) is 5.94. The van der Waals surface area contributed by atoms with Gasteiger partial charge in [0.05, 0.1) is 11.8 Å². The predicted molar refractivity (Wildman–Crippen MR) is 68.3 cm³/mol. The summed E-state index contributed by atoms with van der Waals surface area (Å²) < 4.78 is 10.9. The van der Waals surface area contributed by atoms with Crippen LogP contribution in [0.5, 0.6) is 5.75 Å². The molecule has 1 atom stereocenters. The zero-order valence-corrected chi connectivity index (χ0v) is 10.9. The second-order valence-electron chi connectivity index (χ2n) is 4.15. The Balaban J connectivity index is 2.68. The van der Waals surface area contributed by atoms with Crippen molar-refractivity contribution in [3.63, 3.8) is 0 Å². The molecule has 0 spiro atoms. The van der Waals surface area contributed by atoms with Gasteiger partial charge in [-0.2, -0.15) is 0 Å². The van der Waals surface area contributed by atoms with E-state index in [9.17, 15) is 0 Å². The molecular formula is C13H22N2O2. The number of methoxy groups -OCH3 is 1. The third kappa shape index (κ3) is 4.71. The van der Waals surface area contributed by atoms with Crippen LogP contribution < -0.4 is 10.5 Å². The van der Waals surface area contributed by atoms with Crippen LogP contribution in [0.25, 0.3) is 0 Å². The molecule has 2 N–H and O–H groups in total. The molecular weight excluding hydrogens is 216 g/mol. The van der Waals surface area contributed by atoms with Gasteiger partial charge in [0, 0.05) is 32.3 Å². The van der Waals surface area contributed by atoms with Crippen LogP contribution in [0.3, 0.4) is 0 Å². The van der Waals surface area contributed by atoms with Crippen LogP contribution in [0.1, 0.15) is 24.7 Å². The van der Waals surface area contributed by atoms with Crippen molar-refractivity contribution in [2.24, 2.45) is 5.73 Å². The number of ether oxygens (including phenoxy) is 2. The number of nitrogens with zero attached hydrogens (tertiary/aromatic N) is 1. The number of nitrogens with two attached hydrogens (primary N) is 1. The van der Waals surface area contributed by atoms with Crippen LogP contribution in [-0.4, -0.2) is 31.3 Å².